The molecule has 2 amide bonds. The molecule has 0 bridgehead atoms. The summed E-state index contributed by atoms with van der Waals surface area (Å²) in [5.41, 5.74) is 1.14. The van der Waals surface area contributed by atoms with Crippen molar-refractivity contribution in [1.82, 2.24) is 0 Å². The zero-order chi connectivity index (χ0) is 24.1. The molecule has 0 unspecified atom stereocenters. The van der Waals surface area contributed by atoms with Gasteiger partial charge in [-0.15, -0.1) is 0 Å². The third-order valence-electron chi connectivity index (χ3n) is 4.63. The Morgan fingerprint density at radius 3 is 2.15 bits per heavy atom. The van der Waals surface area contributed by atoms with Gasteiger partial charge in [-0.05, 0) is 72.8 Å². The van der Waals surface area contributed by atoms with Gasteiger partial charge >= 0.3 is 0 Å². The highest BCUT2D eigenvalue weighted by Gasteiger charge is 2.15. The molecule has 10 heteroatoms. The summed E-state index contributed by atoms with van der Waals surface area (Å²) >= 11 is 0. The van der Waals surface area contributed by atoms with E-state index >= 15 is 0 Å². The zero-order valence-electron chi connectivity index (χ0n) is 17.5. The van der Waals surface area contributed by atoms with Crippen LogP contribution in [0, 0.1) is 5.82 Å². The fraction of sp³-hybridized carbons (Fsp3) is 0. The van der Waals surface area contributed by atoms with Crippen molar-refractivity contribution >= 4 is 38.9 Å². The molecule has 0 atom stereocenters. The number of rotatable bonds is 7. The Hall–Kier alpha value is -4.44. The van der Waals surface area contributed by atoms with E-state index in [0.29, 0.717) is 11.4 Å². The van der Waals surface area contributed by atoms with E-state index in [1.54, 1.807) is 24.3 Å². The number of nitrogens with one attached hydrogen (secondary N) is 3. The molecule has 172 valence electrons. The van der Waals surface area contributed by atoms with Crippen LogP contribution in [0.2, 0.25) is 0 Å². The topological polar surface area (TPSA) is 118 Å². The maximum absolute atomic E-state index is 13.3. The number of anilines is 3. The Balaban J connectivity index is 1.42. The number of carbonyl (C=O) groups excluding carboxylic acids is 2. The Labute approximate surface area is 194 Å². The summed E-state index contributed by atoms with van der Waals surface area (Å²) in [6, 6.07) is 20.0. The lowest BCUT2D eigenvalue weighted by atomic mass is 10.1. The van der Waals surface area contributed by atoms with Crippen LogP contribution in [0.3, 0.4) is 0 Å². The minimum atomic E-state index is -3.94. The molecular weight excluding hydrogens is 461 g/mol. The number of furan rings is 1. The fourth-order valence-electron chi connectivity index (χ4n) is 3.03. The molecule has 4 rings (SSSR count). The van der Waals surface area contributed by atoms with Crippen LogP contribution < -0.4 is 15.4 Å². The van der Waals surface area contributed by atoms with Crippen LogP contribution in [-0.4, -0.2) is 20.2 Å². The molecule has 0 saturated carbocycles. The Kier molecular flexibility index (Phi) is 6.42. The van der Waals surface area contributed by atoms with E-state index in [1.807, 2.05) is 0 Å². The molecule has 0 radical (unpaired) electrons. The average molecular weight is 479 g/mol. The van der Waals surface area contributed by atoms with Crippen molar-refractivity contribution in [3.05, 3.63) is 108 Å². The minimum Gasteiger partial charge on any atom is -0.459 e. The lowest BCUT2D eigenvalue weighted by Gasteiger charge is -2.10. The number of halogens is 1. The molecular formula is C24H18FN3O5S. The second kappa shape index (κ2) is 9.59. The summed E-state index contributed by atoms with van der Waals surface area (Å²) in [5.74, 6) is -1.34. The van der Waals surface area contributed by atoms with Gasteiger partial charge in [-0.2, -0.15) is 0 Å². The largest absolute Gasteiger partial charge is 0.459 e. The van der Waals surface area contributed by atoms with Crippen molar-refractivity contribution in [3.8, 4) is 0 Å². The molecule has 0 aliphatic heterocycles. The summed E-state index contributed by atoms with van der Waals surface area (Å²) in [4.78, 5) is 24.7. The molecule has 1 heterocycles. The number of amides is 2. The third kappa shape index (κ3) is 5.48. The molecule has 0 aliphatic rings. The van der Waals surface area contributed by atoms with Crippen LogP contribution in [0.15, 0.2) is 101 Å². The van der Waals surface area contributed by atoms with Gasteiger partial charge in [-0.3, -0.25) is 14.3 Å². The summed E-state index contributed by atoms with van der Waals surface area (Å²) in [7, 11) is -3.94. The quantitative estimate of drug-likeness (QED) is 0.354. The van der Waals surface area contributed by atoms with Gasteiger partial charge in [-0.25, -0.2) is 12.8 Å². The Bertz CT molecular complexity index is 1440. The van der Waals surface area contributed by atoms with E-state index in [1.165, 1.54) is 60.9 Å². The number of hydrogen-bond acceptors (Lipinski definition) is 5. The van der Waals surface area contributed by atoms with Crippen molar-refractivity contribution in [3.63, 3.8) is 0 Å². The van der Waals surface area contributed by atoms with Gasteiger partial charge in [0, 0.05) is 16.9 Å². The van der Waals surface area contributed by atoms with E-state index in [-0.39, 0.29) is 21.9 Å². The smallest absolute Gasteiger partial charge is 0.291 e. The average Bonchev–Trinajstić information content (AvgIpc) is 3.35. The summed E-state index contributed by atoms with van der Waals surface area (Å²) in [6.07, 6.45) is 1.38. The van der Waals surface area contributed by atoms with E-state index in [4.69, 9.17) is 4.42 Å². The van der Waals surface area contributed by atoms with E-state index in [9.17, 15) is 22.4 Å². The second-order valence-electron chi connectivity index (χ2n) is 7.11. The monoisotopic (exact) mass is 479 g/mol. The molecule has 0 aliphatic carbocycles. The third-order valence-corrected chi connectivity index (χ3v) is 6.02. The number of carbonyl (C=O) groups is 2. The Morgan fingerprint density at radius 1 is 0.735 bits per heavy atom. The zero-order valence-corrected chi connectivity index (χ0v) is 18.3. The summed E-state index contributed by atoms with van der Waals surface area (Å²) in [5, 5.41) is 5.31. The van der Waals surface area contributed by atoms with Gasteiger partial charge in [0.15, 0.2) is 5.76 Å². The van der Waals surface area contributed by atoms with Crippen molar-refractivity contribution in [2.45, 2.75) is 4.90 Å². The predicted octanol–water partition coefficient (Wildman–Crippen LogP) is 4.72. The van der Waals surface area contributed by atoms with Gasteiger partial charge in [0.25, 0.3) is 21.8 Å². The van der Waals surface area contributed by atoms with Crippen LogP contribution in [0.5, 0.6) is 0 Å². The van der Waals surface area contributed by atoms with Crippen LogP contribution in [-0.2, 0) is 10.0 Å². The lowest BCUT2D eigenvalue weighted by Crippen LogP contribution is -2.15. The normalized spacial score (nSPS) is 11.0. The minimum absolute atomic E-state index is 0.0580. The van der Waals surface area contributed by atoms with Crippen molar-refractivity contribution in [2.24, 2.45) is 0 Å². The van der Waals surface area contributed by atoms with E-state index in [2.05, 4.69) is 15.4 Å². The van der Waals surface area contributed by atoms with Crippen LogP contribution in [0.1, 0.15) is 20.9 Å². The molecule has 0 fully saturated rings. The molecule has 1 aromatic heterocycles. The first-order chi connectivity index (χ1) is 16.3. The van der Waals surface area contributed by atoms with Gasteiger partial charge in [0.05, 0.1) is 16.8 Å². The molecule has 3 aromatic carbocycles. The standard InChI is InChI=1S/C24H18FN3O5S/c25-17-5-2-7-20(15-17)28-34(31,32)21-11-9-18(10-12-21)26-23(29)16-4-1-6-19(14-16)27-24(30)22-8-3-13-33-22/h1-15,28H,(H,26,29)(H,27,30). The van der Waals surface area contributed by atoms with Gasteiger partial charge < -0.3 is 15.1 Å². The van der Waals surface area contributed by atoms with Gasteiger partial charge in [0.2, 0.25) is 0 Å². The van der Waals surface area contributed by atoms with E-state index in [0.717, 1.165) is 6.07 Å². The maximum atomic E-state index is 13.3. The highest BCUT2D eigenvalue weighted by Crippen LogP contribution is 2.20. The lowest BCUT2D eigenvalue weighted by molar-refractivity contribution is 0.0993. The van der Waals surface area contributed by atoms with Crippen LogP contribution in [0.25, 0.3) is 0 Å². The maximum Gasteiger partial charge on any atom is 0.291 e. The van der Waals surface area contributed by atoms with Gasteiger partial charge in [-0.1, -0.05) is 12.1 Å². The summed E-state index contributed by atoms with van der Waals surface area (Å²) in [6.45, 7) is 0. The summed E-state index contributed by atoms with van der Waals surface area (Å²) < 4.78 is 45.7. The highest BCUT2D eigenvalue weighted by atomic mass is 32.2. The first-order valence-corrected chi connectivity index (χ1v) is 11.4. The van der Waals surface area contributed by atoms with Crippen LogP contribution >= 0.6 is 0 Å². The number of hydrogen-bond donors (Lipinski definition) is 3. The first kappa shape index (κ1) is 22.7. The van der Waals surface area contributed by atoms with E-state index < -0.39 is 27.7 Å². The van der Waals surface area contributed by atoms with Crippen molar-refractivity contribution in [1.29, 1.82) is 0 Å². The molecule has 3 N–H and O–H groups in total. The Morgan fingerprint density at radius 2 is 1.44 bits per heavy atom. The predicted molar refractivity (Wildman–Crippen MR) is 125 cm³/mol. The molecule has 34 heavy (non-hydrogen) atoms. The van der Waals surface area contributed by atoms with Crippen molar-refractivity contribution < 1.29 is 26.8 Å². The van der Waals surface area contributed by atoms with Gasteiger partial charge in [0.1, 0.15) is 5.82 Å². The SMILES string of the molecule is O=C(Nc1ccc(S(=O)(=O)Nc2cccc(F)c2)cc1)c1cccc(NC(=O)c2ccco2)c1. The number of sulfonamides is 1. The fourth-order valence-corrected chi connectivity index (χ4v) is 4.07. The highest BCUT2D eigenvalue weighted by molar-refractivity contribution is 7.92. The second-order valence-corrected chi connectivity index (χ2v) is 8.79. The number of benzene rings is 3. The first-order valence-electron chi connectivity index (χ1n) is 9.95. The van der Waals surface area contributed by atoms with Crippen LogP contribution in [0.4, 0.5) is 21.5 Å². The molecule has 4 aromatic rings. The molecule has 0 spiro atoms. The van der Waals surface area contributed by atoms with Crippen molar-refractivity contribution in [2.75, 3.05) is 15.4 Å². The molecule has 0 saturated heterocycles. The molecule has 8 nitrogen and oxygen atoms in total.